The molecule has 1 amide bonds. The van der Waals surface area contributed by atoms with Crippen LogP contribution >= 0.6 is 0 Å². The normalized spacial score (nSPS) is 15.5. The van der Waals surface area contributed by atoms with Crippen molar-refractivity contribution in [1.29, 1.82) is 0 Å². The molecule has 0 atom stereocenters. The number of carbonyl (C=O) groups excluding carboxylic acids is 1. The lowest BCUT2D eigenvalue weighted by atomic mass is 10.1. The van der Waals surface area contributed by atoms with E-state index in [9.17, 15) is 22.4 Å². The summed E-state index contributed by atoms with van der Waals surface area (Å²) in [7, 11) is 0. The van der Waals surface area contributed by atoms with Crippen molar-refractivity contribution in [1.82, 2.24) is 19.9 Å². The molecule has 0 spiro atoms. The van der Waals surface area contributed by atoms with E-state index in [0.717, 1.165) is 12.1 Å². The predicted octanol–water partition coefficient (Wildman–Crippen LogP) is 3.65. The molecular weight excluding hydrogens is 442 g/mol. The number of carbonyl (C=O) groups is 1. The van der Waals surface area contributed by atoms with Gasteiger partial charge in [-0.1, -0.05) is 23.4 Å². The summed E-state index contributed by atoms with van der Waals surface area (Å²) < 4.78 is 57.2. The van der Waals surface area contributed by atoms with Crippen LogP contribution in [-0.4, -0.2) is 58.6 Å². The van der Waals surface area contributed by atoms with Crippen LogP contribution in [-0.2, 0) is 17.5 Å². The minimum Gasteiger partial charge on any atom is -0.338 e. The maximum Gasteiger partial charge on any atom is 0.416 e. The van der Waals surface area contributed by atoms with Crippen molar-refractivity contribution in [3.8, 4) is 11.4 Å². The molecule has 0 radical (unpaired) electrons. The van der Waals surface area contributed by atoms with Gasteiger partial charge in [0, 0.05) is 37.4 Å². The quantitative estimate of drug-likeness (QED) is 0.563. The van der Waals surface area contributed by atoms with E-state index in [4.69, 9.17) is 4.52 Å². The second-order valence-electron chi connectivity index (χ2n) is 7.70. The van der Waals surface area contributed by atoms with Gasteiger partial charge in [0.25, 0.3) is 0 Å². The van der Waals surface area contributed by atoms with Crippen LogP contribution in [0.15, 0.2) is 53.1 Å². The number of anilines is 1. The molecule has 4 rings (SSSR count). The summed E-state index contributed by atoms with van der Waals surface area (Å²) in [5.74, 6) is -0.237. The van der Waals surface area contributed by atoms with E-state index in [-0.39, 0.29) is 23.8 Å². The van der Waals surface area contributed by atoms with Crippen molar-refractivity contribution in [3.05, 3.63) is 65.8 Å². The molecule has 1 saturated heterocycles. The second kappa shape index (κ2) is 9.67. The smallest absolute Gasteiger partial charge is 0.338 e. The molecule has 11 heteroatoms. The van der Waals surface area contributed by atoms with Gasteiger partial charge in [0.2, 0.25) is 17.6 Å². The van der Waals surface area contributed by atoms with Crippen LogP contribution < -0.4 is 5.32 Å². The van der Waals surface area contributed by atoms with Gasteiger partial charge in [-0.3, -0.25) is 14.6 Å². The van der Waals surface area contributed by atoms with Crippen LogP contribution in [0.25, 0.3) is 11.4 Å². The number of aromatic nitrogens is 2. The maximum atomic E-state index is 13.2. The molecule has 0 bridgehead atoms. The van der Waals surface area contributed by atoms with E-state index in [1.54, 1.807) is 6.07 Å². The number of nitrogens with one attached hydrogen (secondary N) is 1. The molecule has 7 nitrogen and oxygen atoms in total. The molecule has 0 unspecified atom stereocenters. The summed E-state index contributed by atoms with van der Waals surface area (Å²) in [6.45, 7) is 3.10. The van der Waals surface area contributed by atoms with Crippen molar-refractivity contribution >= 4 is 11.6 Å². The summed E-state index contributed by atoms with van der Waals surface area (Å²) >= 11 is 0. The summed E-state index contributed by atoms with van der Waals surface area (Å²) in [6.07, 6.45) is -4.45. The van der Waals surface area contributed by atoms with E-state index in [2.05, 4.69) is 20.4 Å². The molecular formula is C22H21F4N5O2. The Balaban J connectivity index is 1.27. The number of halogens is 4. The lowest BCUT2D eigenvalue weighted by Gasteiger charge is -2.33. The summed E-state index contributed by atoms with van der Waals surface area (Å²) in [5, 5.41) is 6.48. The molecule has 2 aromatic carbocycles. The number of piperazine rings is 1. The minimum absolute atomic E-state index is 0.101. The van der Waals surface area contributed by atoms with Gasteiger partial charge in [0.1, 0.15) is 5.82 Å². The van der Waals surface area contributed by atoms with Crippen molar-refractivity contribution in [2.45, 2.75) is 12.7 Å². The zero-order valence-corrected chi connectivity index (χ0v) is 17.5. The fourth-order valence-corrected chi connectivity index (χ4v) is 3.54. The highest BCUT2D eigenvalue weighted by molar-refractivity contribution is 5.92. The number of nitrogens with zero attached hydrogens (tertiary/aromatic N) is 4. The lowest BCUT2D eigenvalue weighted by Crippen LogP contribution is -2.48. The Hall–Kier alpha value is -3.31. The summed E-state index contributed by atoms with van der Waals surface area (Å²) in [6, 6.07) is 10.5. The highest BCUT2D eigenvalue weighted by Crippen LogP contribution is 2.31. The summed E-state index contributed by atoms with van der Waals surface area (Å²) in [4.78, 5) is 20.5. The third-order valence-electron chi connectivity index (χ3n) is 5.22. The van der Waals surface area contributed by atoms with Gasteiger partial charge in [-0.15, -0.1) is 0 Å². The maximum absolute atomic E-state index is 13.2. The second-order valence-corrected chi connectivity index (χ2v) is 7.70. The number of alkyl halides is 3. The number of rotatable bonds is 6. The molecule has 1 aliphatic rings. The molecule has 33 heavy (non-hydrogen) atoms. The number of hydrogen-bond acceptors (Lipinski definition) is 6. The van der Waals surface area contributed by atoms with Crippen LogP contribution in [0.5, 0.6) is 0 Å². The fourth-order valence-electron chi connectivity index (χ4n) is 3.54. The van der Waals surface area contributed by atoms with Crippen LogP contribution in [0.3, 0.4) is 0 Å². The Kier molecular flexibility index (Phi) is 6.70. The molecule has 0 saturated carbocycles. The highest BCUT2D eigenvalue weighted by atomic mass is 19.4. The third-order valence-corrected chi connectivity index (χ3v) is 5.22. The Morgan fingerprint density at radius 1 is 1.03 bits per heavy atom. The van der Waals surface area contributed by atoms with Crippen molar-refractivity contribution < 1.29 is 26.9 Å². The fraction of sp³-hybridized carbons (Fsp3) is 0.318. The van der Waals surface area contributed by atoms with Gasteiger partial charge in [-0.25, -0.2) is 4.39 Å². The van der Waals surface area contributed by atoms with Crippen LogP contribution in [0.4, 0.5) is 23.2 Å². The van der Waals surface area contributed by atoms with Gasteiger partial charge in [0.15, 0.2) is 0 Å². The van der Waals surface area contributed by atoms with E-state index >= 15 is 0 Å². The number of hydrogen-bond donors (Lipinski definition) is 1. The molecule has 174 valence electrons. The molecule has 1 aliphatic heterocycles. The Bertz CT molecular complexity index is 1110. The van der Waals surface area contributed by atoms with Gasteiger partial charge >= 0.3 is 6.18 Å². The van der Waals surface area contributed by atoms with Gasteiger partial charge in [0.05, 0.1) is 18.7 Å². The molecule has 2 heterocycles. The highest BCUT2D eigenvalue weighted by Gasteiger charge is 2.31. The van der Waals surface area contributed by atoms with E-state index in [1.165, 1.54) is 30.3 Å². The zero-order valence-electron chi connectivity index (χ0n) is 17.5. The van der Waals surface area contributed by atoms with Crippen LogP contribution in [0, 0.1) is 5.82 Å². The first kappa shape index (κ1) is 22.9. The van der Waals surface area contributed by atoms with E-state index < -0.39 is 17.6 Å². The molecule has 0 aliphatic carbocycles. The van der Waals surface area contributed by atoms with E-state index in [0.29, 0.717) is 44.3 Å². The zero-order chi connectivity index (χ0) is 23.4. The Labute approximate surface area is 187 Å². The molecule has 3 aromatic rings. The van der Waals surface area contributed by atoms with Gasteiger partial charge < -0.3 is 9.84 Å². The monoisotopic (exact) mass is 463 g/mol. The molecule has 1 fully saturated rings. The Morgan fingerprint density at radius 2 is 1.76 bits per heavy atom. The lowest BCUT2D eigenvalue weighted by molar-refractivity contribution is -0.137. The van der Waals surface area contributed by atoms with Crippen LogP contribution in [0.1, 0.15) is 11.5 Å². The molecule has 1 N–H and O–H groups in total. The SMILES string of the molecule is O=C(CN1CCN(Cc2nc(-c3cccc(C(F)(F)F)c3)no2)CC1)Nc1cccc(F)c1. The largest absolute Gasteiger partial charge is 0.416 e. The first-order chi connectivity index (χ1) is 15.8. The average Bonchev–Trinajstić information content (AvgIpc) is 3.23. The van der Waals surface area contributed by atoms with Crippen molar-refractivity contribution in [2.24, 2.45) is 0 Å². The predicted molar refractivity (Wildman–Crippen MR) is 111 cm³/mol. The van der Waals surface area contributed by atoms with Crippen LogP contribution in [0.2, 0.25) is 0 Å². The standard InChI is InChI=1S/C22H21F4N5O2/c23-17-5-2-6-18(12-17)27-19(32)13-30-7-9-31(10-8-30)14-20-28-21(29-33-20)15-3-1-4-16(11-15)22(24,25)26/h1-6,11-12H,7-10,13-14H2,(H,27,32). The van der Waals surface area contributed by atoms with Gasteiger partial charge in [-0.2, -0.15) is 18.2 Å². The number of benzene rings is 2. The van der Waals surface area contributed by atoms with E-state index in [1.807, 2.05) is 4.90 Å². The topological polar surface area (TPSA) is 74.5 Å². The molecule has 1 aromatic heterocycles. The first-order valence-electron chi connectivity index (χ1n) is 10.3. The average molecular weight is 463 g/mol. The van der Waals surface area contributed by atoms with Gasteiger partial charge in [-0.05, 0) is 30.3 Å². The number of amides is 1. The van der Waals surface area contributed by atoms with Crippen molar-refractivity contribution in [3.63, 3.8) is 0 Å². The first-order valence-corrected chi connectivity index (χ1v) is 10.3. The summed E-state index contributed by atoms with van der Waals surface area (Å²) in [5.41, 5.74) is -0.135. The minimum atomic E-state index is -4.45. The van der Waals surface area contributed by atoms with Crippen molar-refractivity contribution in [2.75, 3.05) is 38.0 Å². The Morgan fingerprint density at radius 3 is 2.48 bits per heavy atom. The third kappa shape index (κ3) is 6.14.